The molecule has 1 amide bonds. The predicted molar refractivity (Wildman–Crippen MR) is 117 cm³/mol. The van der Waals surface area contributed by atoms with Gasteiger partial charge in [0.1, 0.15) is 23.0 Å². The predicted octanol–water partition coefficient (Wildman–Crippen LogP) is 3.81. The Labute approximate surface area is 175 Å². The van der Waals surface area contributed by atoms with Crippen LogP contribution < -0.4 is 10.1 Å². The maximum absolute atomic E-state index is 13.0. The van der Waals surface area contributed by atoms with Crippen molar-refractivity contribution in [3.05, 3.63) is 103 Å². The number of nitrogens with zero attached hydrogens (tertiary/aromatic N) is 3. The lowest BCUT2D eigenvalue weighted by atomic mass is 9.99. The Bertz CT molecular complexity index is 1130. The Kier molecular flexibility index (Phi) is 5.57. The monoisotopic (exact) mass is 398 g/mol. The highest BCUT2D eigenvalue weighted by atomic mass is 16.5. The molecule has 0 fully saturated rings. The molecule has 0 bridgehead atoms. The van der Waals surface area contributed by atoms with Crippen LogP contribution >= 0.6 is 0 Å². The minimum Gasteiger partial charge on any atom is -0.457 e. The van der Waals surface area contributed by atoms with Gasteiger partial charge in [0.2, 0.25) is 0 Å². The second kappa shape index (κ2) is 8.61. The van der Waals surface area contributed by atoms with E-state index < -0.39 is 0 Å². The van der Waals surface area contributed by atoms with Gasteiger partial charge in [0.25, 0.3) is 5.91 Å². The van der Waals surface area contributed by atoms with Crippen molar-refractivity contribution in [3.63, 3.8) is 0 Å². The van der Waals surface area contributed by atoms with Gasteiger partial charge >= 0.3 is 0 Å². The van der Waals surface area contributed by atoms with Gasteiger partial charge in [-0.15, -0.1) is 0 Å². The molecule has 2 heterocycles. The van der Waals surface area contributed by atoms with E-state index in [2.05, 4.69) is 34.0 Å². The van der Waals surface area contributed by atoms with Crippen LogP contribution in [-0.2, 0) is 11.2 Å². The molecule has 1 aliphatic rings. The van der Waals surface area contributed by atoms with Gasteiger partial charge in [-0.25, -0.2) is 4.98 Å². The maximum Gasteiger partial charge on any atom is 0.270 e. The third-order valence-corrected chi connectivity index (χ3v) is 4.89. The number of amides is 1. The number of imidazole rings is 1. The molecule has 0 radical (unpaired) electrons. The average molecular weight is 398 g/mol. The second-order valence-electron chi connectivity index (χ2n) is 6.79. The number of para-hydroxylation sites is 2. The van der Waals surface area contributed by atoms with Crippen LogP contribution in [0, 0.1) is 0 Å². The van der Waals surface area contributed by atoms with Gasteiger partial charge < -0.3 is 14.6 Å². The van der Waals surface area contributed by atoms with Crippen LogP contribution in [0.2, 0.25) is 0 Å². The number of ether oxygens (including phenoxy) is 1. The zero-order valence-electron chi connectivity index (χ0n) is 16.7. The SMILES string of the molecule is C=C/C(=C\C(=N/C)C(=O)NC1Cc2ccccc2-n2ccnc21)Oc1ccccc1. The lowest BCUT2D eigenvalue weighted by Crippen LogP contribution is -2.37. The summed E-state index contributed by atoms with van der Waals surface area (Å²) in [7, 11) is 1.58. The molecule has 6 nitrogen and oxygen atoms in total. The van der Waals surface area contributed by atoms with Gasteiger partial charge in [-0.05, 0) is 29.8 Å². The minimum absolute atomic E-state index is 0.248. The van der Waals surface area contributed by atoms with Crippen LogP contribution in [-0.4, -0.2) is 28.2 Å². The van der Waals surface area contributed by atoms with Crippen LogP contribution in [0.1, 0.15) is 17.4 Å². The minimum atomic E-state index is -0.299. The average Bonchev–Trinajstić information content (AvgIpc) is 3.28. The highest BCUT2D eigenvalue weighted by molar-refractivity contribution is 6.43. The number of hydrogen-bond acceptors (Lipinski definition) is 4. The summed E-state index contributed by atoms with van der Waals surface area (Å²) in [6.07, 6.45) is 7.45. The lowest BCUT2D eigenvalue weighted by Gasteiger charge is -2.26. The number of carbonyl (C=O) groups excluding carboxylic acids is 1. The highest BCUT2D eigenvalue weighted by Gasteiger charge is 2.27. The van der Waals surface area contributed by atoms with Gasteiger partial charge in [-0.2, -0.15) is 0 Å². The first kappa shape index (κ1) is 19.4. The molecule has 1 aromatic heterocycles. The molecule has 0 aliphatic carbocycles. The molecule has 1 aliphatic heterocycles. The van der Waals surface area contributed by atoms with Gasteiger partial charge in [0.05, 0.1) is 11.7 Å². The van der Waals surface area contributed by atoms with Crippen molar-refractivity contribution in [1.29, 1.82) is 0 Å². The Morgan fingerprint density at radius 1 is 1.23 bits per heavy atom. The summed E-state index contributed by atoms with van der Waals surface area (Å²) in [5, 5.41) is 3.06. The van der Waals surface area contributed by atoms with Crippen molar-refractivity contribution in [2.24, 2.45) is 4.99 Å². The summed E-state index contributed by atoms with van der Waals surface area (Å²) in [6, 6.07) is 17.2. The van der Waals surface area contributed by atoms with E-state index >= 15 is 0 Å². The number of nitrogens with one attached hydrogen (secondary N) is 1. The summed E-state index contributed by atoms with van der Waals surface area (Å²) >= 11 is 0. The Morgan fingerprint density at radius 2 is 2.00 bits per heavy atom. The van der Waals surface area contributed by atoms with E-state index in [4.69, 9.17) is 4.74 Å². The molecule has 2 aromatic carbocycles. The van der Waals surface area contributed by atoms with E-state index in [-0.39, 0.29) is 17.7 Å². The van der Waals surface area contributed by atoms with Crippen LogP contribution in [0.3, 0.4) is 0 Å². The maximum atomic E-state index is 13.0. The van der Waals surface area contributed by atoms with Gasteiger partial charge in [-0.3, -0.25) is 9.79 Å². The smallest absolute Gasteiger partial charge is 0.270 e. The number of allylic oxidation sites excluding steroid dienone is 1. The molecule has 6 heteroatoms. The first-order chi connectivity index (χ1) is 14.7. The molecule has 0 saturated carbocycles. The number of aromatic nitrogens is 2. The van der Waals surface area contributed by atoms with Gasteiger partial charge in [0.15, 0.2) is 0 Å². The van der Waals surface area contributed by atoms with Crippen molar-refractivity contribution >= 4 is 11.6 Å². The van der Waals surface area contributed by atoms with E-state index in [1.807, 2.05) is 53.2 Å². The van der Waals surface area contributed by atoms with Crippen molar-refractivity contribution in [2.45, 2.75) is 12.5 Å². The molecule has 4 rings (SSSR count). The molecule has 3 aromatic rings. The zero-order valence-corrected chi connectivity index (χ0v) is 16.7. The van der Waals surface area contributed by atoms with Crippen LogP contribution in [0.4, 0.5) is 0 Å². The first-order valence-corrected chi connectivity index (χ1v) is 9.66. The molecule has 1 unspecified atom stereocenters. The van der Waals surface area contributed by atoms with Crippen LogP contribution in [0.25, 0.3) is 5.69 Å². The normalized spacial score (nSPS) is 15.7. The second-order valence-corrected chi connectivity index (χ2v) is 6.79. The Hall–Kier alpha value is -3.93. The number of benzene rings is 2. The molecule has 0 spiro atoms. The summed E-state index contributed by atoms with van der Waals surface area (Å²) in [5.41, 5.74) is 2.49. The largest absolute Gasteiger partial charge is 0.457 e. The molecule has 30 heavy (non-hydrogen) atoms. The van der Waals surface area contributed by atoms with Crippen molar-refractivity contribution in [3.8, 4) is 11.4 Å². The van der Waals surface area contributed by atoms with Crippen molar-refractivity contribution < 1.29 is 9.53 Å². The summed E-state index contributed by atoms with van der Waals surface area (Å²) in [5.74, 6) is 1.59. The highest BCUT2D eigenvalue weighted by Crippen LogP contribution is 2.29. The topological polar surface area (TPSA) is 68.5 Å². The zero-order chi connectivity index (χ0) is 20.9. The van der Waals surface area contributed by atoms with E-state index in [1.165, 1.54) is 0 Å². The van der Waals surface area contributed by atoms with Crippen LogP contribution in [0.5, 0.6) is 5.75 Å². The molecular formula is C24H22N4O2. The fourth-order valence-electron chi connectivity index (χ4n) is 3.47. The van der Waals surface area contributed by atoms with E-state index in [9.17, 15) is 4.79 Å². The van der Waals surface area contributed by atoms with E-state index in [0.717, 1.165) is 17.1 Å². The quantitative estimate of drug-likeness (QED) is 0.390. The third-order valence-electron chi connectivity index (χ3n) is 4.89. The number of carbonyl (C=O) groups is 1. The molecule has 1 N–H and O–H groups in total. The fraction of sp³-hybridized carbons (Fsp3) is 0.125. The molecule has 150 valence electrons. The number of aliphatic imine (C=N–C) groups is 1. The number of rotatable bonds is 6. The molecule has 1 atom stereocenters. The summed E-state index contributed by atoms with van der Waals surface area (Å²) in [4.78, 5) is 21.6. The molecular weight excluding hydrogens is 376 g/mol. The van der Waals surface area contributed by atoms with Crippen LogP contribution in [0.15, 0.2) is 96.5 Å². The van der Waals surface area contributed by atoms with Gasteiger partial charge in [-0.1, -0.05) is 43.0 Å². The number of fused-ring (bicyclic) bond motifs is 3. The Balaban J connectivity index is 1.53. The summed E-state index contributed by atoms with van der Waals surface area (Å²) < 4.78 is 7.80. The fourth-order valence-corrected chi connectivity index (χ4v) is 3.47. The van der Waals surface area contributed by atoms with Crippen molar-refractivity contribution in [2.75, 3.05) is 7.05 Å². The lowest BCUT2D eigenvalue weighted by molar-refractivity contribution is -0.115. The van der Waals surface area contributed by atoms with Gasteiger partial charge in [0, 0.05) is 31.9 Å². The molecule has 0 saturated heterocycles. The first-order valence-electron chi connectivity index (χ1n) is 9.66. The number of hydrogen-bond donors (Lipinski definition) is 1. The van der Waals surface area contributed by atoms with E-state index in [1.54, 1.807) is 25.4 Å². The summed E-state index contributed by atoms with van der Waals surface area (Å²) in [6.45, 7) is 3.77. The Morgan fingerprint density at radius 3 is 2.77 bits per heavy atom. The van der Waals surface area contributed by atoms with Crippen molar-refractivity contribution in [1.82, 2.24) is 14.9 Å². The third kappa shape index (κ3) is 3.93. The standard InChI is InChI=1S/C24H22N4O2/c1-3-18(30-19-10-5-4-6-11-19)16-21(25-2)24(29)27-20-15-17-9-7-8-12-22(17)28-14-13-26-23(20)28/h3-14,16,20H,1,15H2,2H3,(H,27,29)/b18-16+,25-21+. The van der Waals surface area contributed by atoms with E-state index in [0.29, 0.717) is 17.9 Å².